The summed E-state index contributed by atoms with van der Waals surface area (Å²) >= 11 is 0. The number of amides is 4. The first kappa shape index (κ1) is 24.1. The van der Waals surface area contributed by atoms with Gasteiger partial charge in [0.05, 0.1) is 0 Å². The molecule has 2 saturated heterocycles. The van der Waals surface area contributed by atoms with Gasteiger partial charge in [-0.1, -0.05) is 0 Å². The summed E-state index contributed by atoms with van der Waals surface area (Å²) in [5, 5.41) is 0. The Balaban J connectivity index is 2.27. The van der Waals surface area contributed by atoms with Crippen LogP contribution in [-0.2, 0) is 37.8 Å². The number of hydrogen-bond acceptors (Lipinski definition) is 8. The zero-order chi connectivity index (χ0) is 22.9. The van der Waals surface area contributed by atoms with Crippen molar-refractivity contribution in [2.45, 2.75) is 24.4 Å². The number of carbonyl (C=O) groups excluding carboxylic acids is 4. The van der Waals surface area contributed by atoms with E-state index in [1.807, 2.05) is 0 Å². The summed E-state index contributed by atoms with van der Waals surface area (Å²) in [7, 11) is 9.62. The van der Waals surface area contributed by atoms with Crippen molar-refractivity contribution in [1.82, 2.24) is 19.6 Å². The van der Waals surface area contributed by atoms with Gasteiger partial charge in [-0.25, -0.2) is 0 Å². The summed E-state index contributed by atoms with van der Waals surface area (Å²) in [5.74, 6) is -1.90. The van der Waals surface area contributed by atoms with Crippen LogP contribution in [0.5, 0.6) is 0 Å². The van der Waals surface area contributed by atoms with Gasteiger partial charge in [0.1, 0.15) is 0 Å². The number of nitrogens with zero attached hydrogens (tertiary/aromatic N) is 4. The molecule has 0 aliphatic carbocycles. The number of hydrogen-bond donors (Lipinski definition) is 0. The third kappa shape index (κ3) is 4.77. The van der Waals surface area contributed by atoms with Crippen LogP contribution in [0.3, 0.4) is 0 Å². The third-order valence-electron chi connectivity index (χ3n) is 4.63. The molecule has 0 saturated carbocycles. The normalized spacial score (nSPS) is 25.9. The van der Waals surface area contributed by atoms with Gasteiger partial charge in [-0.05, 0) is 0 Å². The fourth-order valence-electron chi connectivity index (χ4n) is 2.95. The van der Waals surface area contributed by atoms with Crippen molar-refractivity contribution in [3.8, 4) is 0 Å². The Hall–Kier alpha value is -2.15. The van der Waals surface area contributed by atoms with Crippen LogP contribution in [0.4, 0.5) is 0 Å². The van der Waals surface area contributed by atoms with Crippen LogP contribution in [-0.4, -0.2) is 138 Å². The number of carbonyl (C=O) groups is 4. The van der Waals surface area contributed by atoms with Gasteiger partial charge in [-0.2, -0.15) is 0 Å². The highest BCUT2D eigenvalue weighted by Gasteiger charge is 2.61. The number of rotatable bonds is 5. The molecule has 0 aromatic rings. The Kier molecular flexibility index (Phi) is 7.50. The fraction of sp³-hybridized carbons (Fsp3) is 0.750. The number of likely N-dealkylation sites (N-methyl/N-ethyl adjacent to an activating group) is 4. The first-order chi connectivity index (χ1) is 13.9. The maximum Gasteiger partial charge on any atom is 0.489 e. The Morgan fingerprint density at radius 2 is 0.633 bits per heavy atom. The average Bonchev–Trinajstić information content (AvgIpc) is 3.29. The lowest BCUT2D eigenvalue weighted by atomic mass is 9.49. The summed E-state index contributed by atoms with van der Waals surface area (Å²) in [5.41, 5.74) is 0. The van der Waals surface area contributed by atoms with Crippen molar-refractivity contribution < 1.29 is 37.8 Å². The van der Waals surface area contributed by atoms with E-state index in [2.05, 4.69) is 0 Å². The largest absolute Gasteiger partial charge is 0.489 e. The van der Waals surface area contributed by atoms with E-state index in [1.165, 1.54) is 76.0 Å². The highest BCUT2D eigenvalue weighted by Crippen LogP contribution is 2.28. The third-order valence-corrected chi connectivity index (χ3v) is 4.63. The molecule has 0 aromatic heterocycles. The molecule has 30 heavy (non-hydrogen) atoms. The minimum Gasteiger partial charge on any atom is -0.399 e. The molecule has 2 aliphatic heterocycles. The van der Waals surface area contributed by atoms with E-state index in [4.69, 9.17) is 18.6 Å². The van der Waals surface area contributed by atoms with E-state index in [-0.39, 0.29) is 0 Å². The monoisotopic (exact) mass is 426 g/mol. The molecular weight excluding hydrogens is 398 g/mol. The Morgan fingerprint density at radius 3 is 0.767 bits per heavy atom. The molecular formula is C16H28B2N4O8. The highest BCUT2D eigenvalue weighted by atomic mass is 16.7. The molecule has 2 aliphatic rings. The van der Waals surface area contributed by atoms with Crippen LogP contribution in [0.1, 0.15) is 0 Å². The standard InChI is InChI=1S/C16H28B2N4O8/c1-19(2)13(23)9-10(14(24)20(3)4)28-17(27-9)18-29-11(15(25)21(5)6)12(30-18)16(26)22(7)8/h9-12H,1-8H3/t9-,10-,11+,12+. The second-order valence-electron chi connectivity index (χ2n) is 7.89. The summed E-state index contributed by atoms with van der Waals surface area (Å²) in [6.07, 6.45) is -4.89. The van der Waals surface area contributed by atoms with E-state index < -0.39 is 62.1 Å². The van der Waals surface area contributed by atoms with Gasteiger partial charge in [0, 0.05) is 56.4 Å². The predicted octanol–water partition coefficient (Wildman–Crippen LogP) is -3.04. The van der Waals surface area contributed by atoms with E-state index >= 15 is 0 Å². The van der Waals surface area contributed by atoms with Crippen molar-refractivity contribution in [3.05, 3.63) is 0 Å². The first-order valence-electron chi connectivity index (χ1n) is 9.33. The lowest BCUT2D eigenvalue weighted by Crippen LogP contribution is -2.47. The molecule has 0 unspecified atom stereocenters. The Morgan fingerprint density at radius 1 is 0.467 bits per heavy atom. The Bertz CT molecular complexity index is 591. The van der Waals surface area contributed by atoms with Crippen molar-refractivity contribution >= 4 is 37.6 Å². The van der Waals surface area contributed by atoms with Gasteiger partial charge >= 0.3 is 14.0 Å². The van der Waals surface area contributed by atoms with Crippen LogP contribution in [0.2, 0.25) is 0 Å². The molecule has 12 nitrogen and oxygen atoms in total. The lowest BCUT2D eigenvalue weighted by molar-refractivity contribution is -0.146. The molecule has 0 spiro atoms. The average molecular weight is 426 g/mol. The molecule has 2 rings (SSSR count). The van der Waals surface area contributed by atoms with Gasteiger partial charge in [0.15, 0.2) is 24.4 Å². The second kappa shape index (κ2) is 9.33. The summed E-state index contributed by atoms with van der Waals surface area (Å²) in [4.78, 5) is 55.2. The van der Waals surface area contributed by atoms with E-state index in [0.29, 0.717) is 0 Å². The molecule has 14 heteroatoms. The van der Waals surface area contributed by atoms with Crippen molar-refractivity contribution in [2.75, 3.05) is 56.4 Å². The second-order valence-corrected chi connectivity index (χ2v) is 7.89. The fourth-order valence-corrected chi connectivity index (χ4v) is 2.95. The van der Waals surface area contributed by atoms with Gasteiger partial charge < -0.3 is 38.2 Å². The molecule has 0 aromatic carbocycles. The Labute approximate surface area is 176 Å². The van der Waals surface area contributed by atoms with E-state index in [1.54, 1.807) is 0 Å². The van der Waals surface area contributed by atoms with Gasteiger partial charge in [-0.15, -0.1) is 0 Å². The molecule has 4 atom stereocenters. The topological polar surface area (TPSA) is 118 Å². The van der Waals surface area contributed by atoms with E-state index in [0.717, 1.165) is 0 Å². The van der Waals surface area contributed by atoms with E-state index in [9.17, 15) is 19.2 Å². The lowest BCUT2D eigenvalue weighted by Gasteiger charge is -2.22. The molecule has 0 bridgehead atoms. The zero-order valence-electron chi connectivity index (χ0n) is 18.5. The van der Waals surface area contributed by atoms with Crippen LogP contribution in [0.25, 0.3) is 0 Å². The van der Waals surface area contributed by atoms with Crippen LogP contribution in [0.15, 0.2) is 0 Å². The summed E-state index contributed by atoms with van der Waals surface area (Å²) < 4.78 is 22.7. The molecule has 4 amide bonds. The van der Waals surface area contributed by atoms with Gasteiger partial charge in [0.2, 0.25) is 0 Å². The van der Waals surface area contributed by atoms with Crippen LogP contribution < -0.4 is 0 Å². The zero-order valence-corrected chi connectivity index (χ0v) is 18.5. The summed E-state index contributed by atoms with van der Waals surface area (Å²) in [6.45, 7) is 0. The molecule has 0 N–H and O–H groups in total. The van der Waals surface area contributed by atoms with Crippen molar-refractivity contribution in [1.29, 1.82) is 0 Å². The minimum absolute atomic E-state index is 0.475. The summed E-state index contributed by atoms with van der Waals surface area (Å²) in [6, 6.07) is 0. The van der Waals surface area contributed by atoms with Gasteiger partial charge in [-0.3, -0.25) is 19.2 Å². The SMILES string of the molecule is CN(C)C(=O)[C@H]1OB(B2O[C@@H](C(=O)N(C)C)[C@H](C(=O)N(C)C)O2)O[C@@H]1C(=O)N(C)C. The molecule has 2 fully saturated rings. The van der Waals surface area contributed by atoms with Gasteiger partial charge in [0.25, 0.3) is 23.6 Å². The predicted molar refractivity (Wildman–Crippen MR) is 106 cm³/mol. The van der Waals surface area contributed by atoms with Crippen LogP contribution >= 0.6 is 0 Å². The molecule has 0 radical (unpaired) electrons. The highest BCUT2D eigenvalue weighted by molar-refractivity contribution is 7.11. The molecule has 2 heterocycles. The van der Waals surface area contributed by atoms with Crippen LogP contribution in [0, 0.1) is 0 Å². The smallest absolute Gasteiger partial charge is 0.399 e. The quantitative estimate of drug-likeness (QED) is 0.426. The minimum atomic E-state index is -1.29. The first-order valence-corrected chi connectivity index (χ1v) is 9.33. The van der Waals surface area contributed by atoms with Crippen molar-refractivity contribution in [3.63, 3.8) is 0 Å². The van der Waals surface area contributed by atoms with Crippen molar-refractivity contribution in [2.24, 2.45) is 0 Å². The maximum atomic E-state index is 12.5. The maximum absolute atomic E-state index is 12.5. The molecule has 166 valence electrons.